The molecule has 0 radical (unpaired) electrons. The average molecular weight is 316 g/mol. The molecular weight excluding hydrogens is 292 g/mol. The Balaban J connectivity index is -0.000000102. The average Bonchev–Trinajstić information content (AvgIpc) is 2.37. The van der Waals surface area contributed by atoms with E-state index in [9.17, 15) is 14.4 Å². The van der Waals surface area contributed by atoms with Gasteiger partial charge >= 0.3 is 11.9 Å². The zero-order valence-corrected chi connectivity index (χ0v) is 13.2. The fourth-order valence-corrected chi connectivity index (χ4v) is 1.01. The van der Waals surface area contributed by atoms with Crippen molar-refractivity contribution in [3.8, 4) is 0 Å². The number of carbonyl (C=O) groups excluding carboxylic acids is 1. The van der Waals surface area contributed by atoms with Crippen LogP contribution in [0.5, 0.6) is 0 Å². The van der Waals surface area contributed by atoms with Crippen molar-refractivity contribution in [3.63, 3.8) is 0 Å². The molecule has 0 rings (SSSR count). The molecule has 0 aromatic rings. The Morgan fingerprint density at radius 3 is 1.84 bits per heavy atom. The van der Waals surface area contributed by atoms with E-state index >= 15 is 0 Å². The van der Waals surface area contributed by atoms with Crippen LogP contribution >= 0.6 is 24.4 Å². The van der Waals surface area contributed by atoms with Crippen LogP contribution in [-0.2, 0) is 14.4 Å². The predicted octanol–water partition coefficient (Wildman–Crippen LogP) is 0.910. The molecule has 0 heterocycles. The highest BCUT2D eigenvalue weighted by Crippen LogP contribution is 1.97. The van der Waals surface area contributed by atoms with Gasteiger partial charge in [-0.1, -0.05) is 6.92 Å². The number of thioether (sulfide) groups is 1. The van der Waals surface area contributed by atoms with Gasteiger partial charge in [-0.3, -0.25) is 9.59 Å². The third kappa shape index (κ3) is 22.8. The summed E-state index contributed by atoms with van der Waals surface area (Å²) in [5.41, 5.74) is 5.19. The van der Waals surface area contributed by atoms with E-state index in [1.165, 1.54) is 6.92 Å². The molecule has 0 aliphatic heterocycles. The van der Waals surface area contributed by atoms with Gasteiger partial charge in [0.25, 0.3) is 0 Å². The number of hydrogen-bond donors (Lipinski definition) is 5. The Morgan fingerprint density at radius 1 is 1.26 bits per heavy atom. The molecule has 0 aromatic heterocycles. The Kier molecular flexibility index (Phi) is 27.5. The largest absolute Gasteiger partial charge is 0.480 e. The first-order chi connectivity index (χ1) is 8.36. The minimum absolute atomic E-state index is 0. The highest BCUT2D eigenvalue weighted by Gasteiger charge is 2.09. The number of carbonyl (C=O) groups is 3. The van der Waals surface area contributed by atoms with Crippen LogP contribution in [-0.4, -0.2) is 52.2 Å². The van der Waals surface area contributed by atoms with Gasteiger partial charge in [-0.2, -0.15) is 24.4 Å². The van der Waals surface area contributed by atoms with Crippen molar-refractivity contribution in [2.45, 2.75) is 25.8 Å². The van der Waals surface area contributed by atoms with Crippen LogP contribution < -0.4 is 11.9 Å². The smallest absolute Gasteiger partial charge is 0.372 e. The van der Waals surface area contributed by atoms with Gasteiger partial charge in [-0.15, -0.1) is 0 Å². The van der Waals surface area contributed by atoms with Crippen LogP contribution in [0.2, 0.25) is 0 Å². The summed E-state index contributed by atoms with van der Waals surface area (Å²) in [6.07, 6.45) is 4.25. The topological polar surface area (TPSA) is 153 Å². The number of hydrogen-bond acceptors (Lipinski definition) is 7. The molecule has 0 spiro atoms. The second-order valence-corrected chi connectivity index (χ2v) is 3.79. The van der Waals surface area contributed by atoms with Gasteiger partial charge in [0, 0.05) is 6.42 Å². The SMILES string of the molecule is CCC(=O)C(=O)O.CS.CSCC[C@H](N)C(=O)O.N. The minimum atomic E-state index is -1.34. The molecule has 0 amide bonds. The van der Waals surface area contributed by atoms with Crippen molar-refractivity contribution >= 4 is 42.1 Å². The number of ketones is 1. The quantitative estimate of drug-likeness (QED) is 0.358. The van der Waals surface area contributed by atoms with Crippen LogP contribution in [0.1, 0.15) is 19.8 Å². The van der Waals surface area contributed by atoms with E-state index in [2.05, 4.69) is 12.6 Å². The second-order valence-electron chi connectivity index (χ2n) is 2.81. The second kappa shape index (κ2) is 19.6. The van der Waals surface area contributed by atoms with Crippen molar-refractivity contribution in [2.24, 2.45) is 5.73 Å². The molecule has 116 valence electrons. The lowest BCUT2D eigenvalue weighted by Gasteiger charge is -2.02. The Bertz CT molecular complexity index is 252. The summed E-state index contributed by atoms with van der Waals surface area (Å²) >= 11 is 5.13. The van der Waals surface area contributed by atoms with Gasteiger partial charge in [-0.05, 0) is 24.7 Å². The number of Topliss-reactive ketones (excluding diaryl/α,β-unsaturated/α-hetero) is 1. The van der Waals surface area contributed by atoms with Crippen molar-refractivity contribution in [1.82, 2.24) is 6.15 Å². The number of rotatable bonds is 6. The van der Waals surface area contributed by atoms with Gasteiger partial charge in [0.15, 0.2) is 0 Å². The zero-order valence-electron chi connectivity index (χ0n) is 11.5. The van der Waals surface area contributed by atoms with E-state index in [1.807, 2.05) is 6.26 Å². The van der Waals surface area contributed by atoms with E-state index in [-0.39, 0.29) is 12.6 Å². The molecule has 0 saturated heterocycles. The fraction of sp³-hybridized carbons (Fsp3) is 0.700. The summed E-state index contributed by atoms with van der Waals surface area (Å²) in [5, 5.41) is 16.1. The maximum Gasteiger partial charge on any atom is 0.372 e. The van der Waals surface area contributed by atoms with E-state index < -0.39 is 23.8 Å². The van der Waals surface area contributed by atoms with Crippen molar-refractivity contribution in [1.29, 1.82) is 0 Å². The Labute approximate surface area is 123 Å². The molecule has 7 nitrogen and oxygen atoms in total. The van der Waals surface area contributed by atoms with Crippen molar-refractivity contribution in [2.75, 3.05) is 18.3 Å². The third-order valence-electron chi connectivity index (χ3n) is 1.51. The first-order valence-corrected chi connectivity index (χ1v) is 7.33. The lowest BCUT2D eigenvalue weighted by Crippen LogP contribution is -2.30. The number of carboxylic acid groups (broad SMARTS) is 2. The first-order valence-electron chi connectivity index (χ1n) is 5.04. The predicted molar refractivity (Wildman–Crippen MR) is 81.5 cm³/mol. The molecule has 0 aliphatic rings. The number of aliphatic carboxylic acids is 2. The first kappa shape index (κ1) is 26.7. The summed E-state index contributed by atoms with van der Waals surface area (Å²) in [6, 6.07) is -0.683. The van der Waals surface area contributed by atoms with Crippen LogP contribution in [0.15, 0.2) is 0 Å². The summed E-state index contributed by atoms with van der Waals surface area (Å²) in [7, 11) is 0. The van der Waals surface area contributed by atoms with Gasteiger partial charge < -0.3 is 22.1 Å². The van der Waals surface area contributed by atoms with E-state index in [4.69, 9.17) is 15.9 Å². The molecule has 7 N–H and O–H groups in total. The number of nitrogens with two attached hydrogens (primary N) is 1. The fourth-order valence-electron chi connectivity index (χ4n) is 0.520. The third-order valence-corrected chi connectivity index (χ3v) is 2.15. The summed E-state index contributed by atoms with van der Waals surface area (Å²) in [6.45, 7) is 1.51. The number of thiol groups is 1. The Hall–Kier alpha value is -0.770. The van der Waals surface area contributed by atoms with Gasteiger partial charge in [0.1, 0.15) is 6.04 Å². The lowest BCUT2D eigenvalue weighted by atomic mass is 10.2. The highest BCUT2D eigenvalue weighted by molar-refractivity contribution is 7.98. The molecule has 9 heteroatoms. The van der Waals surface area contributed by atoms with Crippen molar-refractivity contribution < 1.29 is 24.6 Å². The van der Waals surface area contributed by atoms with Gasteiger partial charge in [0.2, 0.25) is 5.78 Å². The molecule has 19 heavy (non-hydrogen) atoms. The van der Waals surface area contributed by atoms with Gasteiger partial charge in [-0.25, -0.2) is 4.79 Å². The standard InChI is InChI=1S/C5H11NO2S.C4H6O3.CH4S.H3N/c1-9-3-2-4(6)5(7)8;1-2-3(5)4(6)7;1-2;/h4H,2-3,6H2,1H3,(H,7,8);2H2,1H3,(H,6,7);2H,1H3;1H3/t4-;;;/m0.../s1. The maximum absolute atomic E-state index is 10.1. The zero-order chi connectivity index (χ0) is 15.1. The summed E-state index contributed by atoms with van der Waals surface area (Å²) < 4.78 is 0. The van der Waals surface area contributed by atoms with Crippen molar-refractivity contribution in [3.05, 3.63) is 0 Å². The molecule has 0 bridgehead atoms. The van der Waals surface area contributed by atoms with Crippen LogP contribution in [0.4, 0.5) is 0 Å². The maximum atomic E-state index is 10.1. The molecule has 0 aliphatic carbocycles. The van der Waals surface area contributed by atoms with E-state index in [0.29, 0.717) is 6.42 Å². The molecular formula is C10H24N2O5S2. The molecule has 0 fully saturated rings. The van der Waals surface area contributed by atoms with Crippen LogP contribution in [0.25, 0.3) is 0 Å². The van der Waals surface area contributed by atoms with E-state index in [0.717, 1.165) is 5.75 Å². The summed E-state index contributed by atoms with van der Waals surface area (Å²) in [5.74, 6) is -2.18. The van der Waals surface area contributed by atoms with Crippen LogP contribution in [0, 0.1) is 0 Å². The normalized spacial score (nSPS) is 9.53. The molecule has 1 atom stereocenters. The van der Waals surface area contributed by atoms with Gasteiger partial charge in [0.05, 0.1) is 0 Å². The molecule has 0 aromatic carbocycles. The van der Waals surface area contributed by atoms with E-state index in [1.54, 1.807) is 18.0 Å². The lowest BCUT2D eigenvalue weighted by molar-refractivity contribution is -0.148. The number of carboxylic acids is 2. The minimum Gasteiger partial charge on any atom is -0.480 e. The Morgan fingerprint density at radius 2 is 1.68 bits per heavy atom. The monoisotopic (exact) mass is 316 g/mol. The van der Waals surface area contributed by atoms with Crippen LogP contribution in [0.3, 0.4) is 0 Å². The summed E-state index contributed by atoms with van der Waals surface area (Å²) in [4.78, 5) is 29.6. The molecule has 0 unspecified atom stereocenters. The highest BCUT2D eigenvalue weighted by atomic mass is 32.2. The molecule has 0 saturated carbocycles.